The monoisotopic (exact) mass is 610 g/mol. The number of methoxy groups -OCH3 is 1. The van der Waals surface area contributed by atoms with Gasteiger partial charge in [-0.05, 0) is 79.2 Å². The minimum absolute atomic E-state index is 0.203. The van der Waals surface area contributed by atoms with Gasteiger partial charge in [-0.25, -0.2) is 0 Å². The molecule has 1 aliphatic rings. The fourth-order valence-corrected chi connectivity index (χ4v) is 4.95. The van der Waals surface area contributed by atoms with Crippen molar-refractivity contribution in [3.8, 4) is 17.2 Å². The normalized spacial score (nSPS) is 14.1. The fourth-order valence-electron chi connectivity index (χ4n) is 3.68. The molecule has 1 saturated heterocycles. The van der Waals surface area contributed by atoms with E-state index in [0.29, 0.717) is 46.2 Å². The van der Waals surface area contributed by atoms with Crippen LogP contribution in [-0.2, 0) is 16.2 Å². The molecule has 0 radical (unpaired) electrons. The van der Waals surface area contributed by atoms with E-state index >= 15 is 0 Å². The number of thioether (sulfide) groups is 1. The molecule has 1 aliphatic heterocycles. The molecule has 3 aromatic carbocycles. The van der Waals surface area contributed by atoms with Gasteiger partial charge >= 0.3 is 0 Å². The fraction of sp³-hybridized carbons (Fsp3) is 0.207. The second-order valence-corrected chi connectivity index (χ2v) is 10.4. The highest BCUT2D eigenvalue weighted by Gasteiger charge is 2.36. The van der Waals surface area contributed by atoms with Crippen LogP contribution in [0, 0.1) is 6.92 Å². The largest absolute Gasteiger partial charge is 0.497 e. The minimum atomic E-state index is -0.542. The average Bonchev–Trinajstić information content (AvgIpc) is 3.18. The molecule has 0 spiro atoms. The number of hydrogen-bond acceptors (Lipinski definition) is 7. The van der Waals surface area contributed by atoms with E-state index in [4.69, 9.17) is 14.2 Å². The number of benzene rings is 3. The third-order valence-corrected chi connectivity index (χ3v) is 7.31. The number of amides is 3. The van der Waals surface area contributed by atoms with Crippen LogP contribution in [0.25, 0.3) is 6.08 Å². The number of carbonyl (C=O) groups is 3. The predicted octanol–water partition coefficient (Wildman–Crippen LogP) is 6.42. The zero-order valence-electron chi connectivity index (χ0n) is 21.7. The van der Waals surface area contributed by atoms with Crippen LogP contribution in [0.5, 0.6) is 17.2 Å². The van der Waals surface area contributed by atoms with Gasteiger partial charge in [0, 0.05) is 10.2 Å². The summed E-state index contributed by atoms with van der Waals surface area (Å²) < 4.78 is 17.6. The molecule has 1 N–H and O–H groups in total. The molecule has 0 atom stereocenters. The molecule has 3 aromatic rings. The summed E-state index contributed by atoms with van der Waals surface area (Å²) in [5, 5.41) is 2.16. The van der Waals surface area contributed by atoms with E-state index < -0.39 is 23.6 Å². The number of nitrogens with zero attached hydrogens (tertiary/aromatic N) is 1. The number of ether oxygens (including phenoxy) is 3. The molecule has 10 heteroatoms. The molecule has 0 unspecified atom stereocenters. The Balaban J connectivity index is 1.47. The van der Waals surface area contributed by atoms with Crippen molar-refractivity contribution in [2.24, 2.45) is 0 Å². The summed E-state index contributed by atoms with van der Waals surface area (Å²) in [5.41, 5.74) is 3.35. The van der Waals surface area contributed by atoms with E-state index in [1.165, 1.54) is 5.56 Å². The Kier molecular flexibility index (Phi) is 9.32. The Morgan fingerprint density at radius 1 is 1.03 bits per heavy atom. The van der Waals surface area contributed by atoms with Crippen molar-refractivity contribution in [2.75, 3.05) is 25.6 Å². The smallest absolute Gasteiger partial charge is 0.294 e. The molecule has 3 amide bonds. The molecule has 1 fully saturated rings. The van der Waals surface area contributed by atoms with Crippen molar-refractivity contribution >= 4 is 56.5 Å². The van der Waals surface area contributed by atoms with Gasteiger partial charge < -0.3 is 19.5 Å². The van der Waals surface area contributed by atoms with Gasteiger partial charge in [0.15, 0.2) is 11.5 Å². The highest BCUT2D eigenvalue weighted by molar-refractivity contribution is 9.10. The first kappa shape index (κ1) is 28.3. The first-order valence-corrected chi connectivity index (χ1v) is 13.7. The van der Waals surface area contributed by atoms with Crippen LogP contribution >= 0.6 is 27.7 Å². The molecule has 4 rings (SSSR count). The Morgan fingerprint density at radius 2 is 1.72 bits per heavy atom. The molecule has 202 valence electrons. The lowest BCUT2D eigenvalue weighted by atomic mass is 10.1. The van der Waals surface area contributed by atoms with Gasteiger partial charge in [0.2, 0.25) is 5.91 Å². The topological polar surface area (TPSA) is 94.2 Å². The number of aryl methyl sites for hydroxylation is 1. The van der Waals surface area contributed by atoms with Crippen LogP contribution in [0.3, 0.4) is 0 Å². The third-order valence-electron chi connectivity index (χ3n) is 5.71. The first-order valence-electron chi connectivity index (χ1n) is 12.1. The summed E-state index contributed by atoms with van der Waals surface area (Å²) in [4.78, 5) is 39.2. The van der Waals surface area contributed by atoms with E-state index in [0.717, 1.165) is 22.2 Å². The number of anilines is 1. The average molecular weight is 612 g/mol. The summed E-state index contributed by atoms with van der Waals surface area (Å²) >= 11 is 4.32. The summed E-state index contributed by atoms with van der Waals surface area (Å²) in [6.45, 7) is 4.28. The van der Waals surface area contributed by atoms with Crippen LogP contribution < -0.4 is 19.5 Å². The SMILES string of the molecule is CCOc1cc(/C=C2/SC(=O)N(CC(=O)Nc3ccc(OC)cc3)C2=O)c(Br)cc1OCc1ccc(C)cc1. The number of rotatable bonds is 10. The Morgan fingerprint density at radius 3 is 2.38 bits per heavy atom. The molecule has 1 heterocycles. The minimum Gasteiger partial charge on any atom is -0.497 e. The van der Waals surface area contributed by atoms with Gasteiger partial charge in [-0.15, -0.1) is 0 Å². The number of imide groups is 1. The lowest BCUT2D eigenvalue weighted by Crippen LogP contribution is -2.36. The van der Waals surface area contributed by atoms with E-state index in [9.17, 15) is 14.4 Å². The molecular formula is C29H27BrN2O6S. The maximum Gasteiger partial charge on any atom is 0.294 e. The maximum absolute atomic E-state index is 13.0. The lowest BCUT2D eigenvalue weighted by molar-refractivity contribution is -0.127. The first-order chi connectivity index (χ1) is 18.8. The highest BCUT2D eigenvalue weighted by Crippen LogP contribution is 2.38. The van der Waals surface area contributed by atoms with Crippen LogP contribution in [0.4, 0.5) is 10.5 Å². The van der Waals surface area contributed by atoms with E-state index in [-0.39, 0.29) is 4.91 Å². The second-order valence-electron chi connectivity index (χ2n) is 8.57. The molecule has 39 heavy (non-hydrogen) atoms. The number of halogens is 1. The van der Waals surface area contributed by atoms with Gasteiger partial charge in [-0.1, -0.05) is 45.8 Å². The Labute approximate surface area is 239 Å². The summed E-state index contributed by atoms with van der Waals surface area (Å²) in [7, 11) is 1.55. The quantitative estimate of drug-likeness (QED) is 0.265. The Hall–Kier alpha value is -3.76. The molecule has 0 bridgehead atoms. The number of carbonyl (C=O) groups excluding carboxylic acids is 3. The van der Waals surface area contributed by atoms with Gasteiger partial charge in [0.05, 0.1) is 18.6 Å². The van der Waals surface area contributed by atoms with Crippen molar-refractivity contribution < 1.29 is 28.6 Å². The Bertz CT molecular complexity index is 1410. The van der Waals surface area contributed by atoms with Crippen LogP contribution in [0.15, 0.2) is 70.0 Å². The summed E-state index contributed by atoms with van der Waals surface area (Å²) in [6.07, 6.45) is 1.60. The van der Waals surface area contributed by atoms with Crippen LogP contribution in [0.1, 0.15) is 23.6 Å². The molecule has 0 aliphatic carbocycles. The zero-order valence-corrected chi connectivity index (χ0v) is 24.1. The lowest BCUT2D eigenvalue weighted by Gasteiger charge is -2.14. The molecule has 0 aromatic heterocycles. The van der Waals surface area contributed by atoms with Crippen LogP contribution in [-0.4, -0.2) is 42.2 Å². The van der Waals surface area contributed by atoms with Crippen LogP contribution in [0.2, 0.25) is 0 Å². The summed E-state index contributed by atoms with van der Waals surface area (Å²) in [5.74, 6) is 0.675. The predicted molar refractivity (Wildman–Crippen MR) is 155 cm³/mol. The van der Waals surface area contributed by atoms with Crippen molar-refractivity contribution in [3.05, 3.63) is 86.7 Å². The molecular weight excluding hydrogens is 584 g/mol. The highest BCUT2D eigenvalue weighted by atomic mass is 79.9. The van der Waals surface area contributed by atoms with Gasteiger partial charge in [-0.2, -0.15) is 0 Å². The van der Waals surface area contributed by atoms with Crippen molar-refractivity contribution in [3.63, 3.8) is 0 Å². The van der Waals surface area contributed by atoms with E-state index in [1.807, 2.05) is 38.1 Å². The third kappa shape index (κ3) is 7.21. The van der Waals surface area contributed by atoms with Crippen molar-refractivity contribution in [1.29, 1.82) is 0 Å². The molecule has 0 saturated carbocycles. The van der Waals surface area contributed by atoms with E-state index in [1.54, 1.807) is 49.6 Å². The number of hydrogen-bond donors (Lipinski definition) is 1. The zero-order chi connectivity index (χ0) is 27.9. The summed E-state index contributed by atoms with van der Waals surface area (Å²) in [6, 6.07) is 18.3. The standard InChI is InChI=1S/C29H27BrN2O6S/c1-4-37-24-13-20(23(30)15-25(24)38-17-19-7-5-18(2)6-8-19)14-26-28(34)32(29(35)39-26)16-27(33)31-21-9-11-22(36-3)12-10-21/h5-15H,4,16-17H2,1-3H3,(H,31,33)/b26-14+. The second kappa shape index (κ2) is 12.9. The van der Waals surface area contributed by atoms with Crippen molar-refractivity contribution in [2.45, 2.75) is 20.5 Å². The van der Waals surface area contributed by atoms with Crippen molar-refractivity contribution in [1.82, 2.24) is 4.90 Å². The van der Waals surface area contributed by atoms with Gasteiger partial charge in [-0.3, -0.25) is 19.3 Å². The van der Waals surface area contributed by atoms with Gasteiger partial charge in [0.25, 0.3) is 11.1 Å². The number of nitrogens with one attached hydrogen (secondary N) is 1. The maximum atomic E-state index is 13.0. The van der Waals surface area contributed by atoms with Gasteiger partial charge in [0.1, 0.15) is 18.9 Å². The molecule has 8 nitrogen and oxygen atoms in total. The van der Waals surface area contributed by atoms with E-state index in [2.05, 4.69) is 21.2 Å².